The monoisotopic (exact) mass is 316 g/mol. The van der Waals surface area contributed by atoms with Crippen molar-refractivity contribution in [3.63, 3.8) is 0 Å². The van der Waals surface area contributed by atoms with Gasteiger partial charge in [-0.3, -0.25) is 10.1 Å². The predicted molar refractivity (Wildman–Crippen MR) is 78.6 cm³/mol. The van der Waals surface area contributed by atoms with Crippen LogP contribution in [0.2, 0.25) is 0 Å². The smallest absolute Gasteiger partial charge is 0.270 e. The standard InChI is InChI=1S/C13H20N2O5S/c1-5-14(9-13(3,4)16)21(19,20)12-8-11(15(17)18)7-6-10(12)2/h6-8,16H,5,9H2,1-4H3. The molecule has 1 aromatic carbocycles. The average molecular weight is 316 g/mol. The van der Waals surface area contributed by atoms with Crippen LogP contribution in [-0.4, -0.2) is 41.4 Å². The fraction of sp³-hybridized carbons (Fsp3) is 0.538. The Morgan fingerprint density at radius 3 is 2.38 bits per heavy atom. The first kappa shape index (κ1) is 17.5. The van der Waals surface area contributed by atoms with E-state index in [-0.39, 0.29) is 23.7 Å². The molecular weight excluding hydrogens is 296 g/mol. The zero-order valence-corrected chi connectivity index (χ0v) is 13.3. The van der Waals surface area contributed by atoms with Gasteiger partial charge in [0, 0.05) is 25.2 Å². The normalized spacial score (nSPS) is 12.7. The summed E-state index contributed by atoms with van der Waals surface area (Å²) in [5.74, 6) is 0. The Kier molecular flexibility index (Phi) is 5.08. The quantitative estimate of drug-likeness (QED) is 0.635. The highest BCUT2D eigenvalue weighted by molar-refractivity contribution is 7.89. The number of benzene rings is 1. The van der Waals surface area contributed by atoms with Gasteiger partial charge >= 0.3 is 0 Å². The van der Waals surface area contributed by atoms with Crippen molar-refractivity contribution in [3.8, 4) is 0 Å². The molecular formula is C13H20N2O5S. The Hall–Kier alpha value is -1.51. The highest BCUT2D eigenvalue weighted by Gasteiger charge is 2.30. The summed E-state index contributed by atoms with van der Waals surface area (Å²) in [5.41, 5.74) is -1.05. The van der Waals surface area contributed by atoms with Crippen molar-refractivity contribution in [2.75, 3.05) is 13.1 Å². The number of aryl methyl sites for hydroxylation is 1. The van der Waals surface area contributed by atoms with Crippen LogP contribution in [0, 0.1) is 17.0 Å². The van der Waals surface area contributed by atoms with Gasteiger partial charge in [0.1, 0.15) is 0 Å². The first-order chi connectivity index (χ1) is 9.49. The van der Waals surface area contributed by atoms with Crippen molar-refractivity contribution < 1.29 is 18.4 Å². The van der Waals surface area contributed by atoms with Gasteiger partial charge in [-0.2, -0.15) is 4.31 Å². The minimum Gasteiger partial charge on any atom is -0.389 e. The number of sulfonamides is 1. The second kappa shape index (κ2) is 6.08. The van der Waals surface area contributed by atoms with Crippen molar-refractivity contribution in [2.45, 2.75) is 38.2 Å². The molecule has 0 radical (unpaired) electrons. The molecule has 0 aliphatic carbocycles. The van der Waals surface area contributed by atoms with Crippen molar-refractivity contribution in [3.05, 3.63) is 33.9 Å². The van der Waals surface area contributed by atoms with E-state index in [2.05, 4.69) is 0 Å². The Morgan fingerprint density at radius 1 is 1.38 bits per heavy atom. The lowest BCUT2D eigenvalue weighted by Gasteiger charge is -2.27. The van der Waals surface area contributed by atoms with Gasteiger partial charge in [0.05, 0.1) is 15.4 Å². The number of nitrogens with zero attached hydrogens (tertiary/aromatic N) is 2. The van der Waals surface area contributed by atoms with Crippen molar-refractivity contribution >= 4 is 15.7 Å². The lowest BCUT2D eigenvalue weighted by molar-refractivity contribution is -0.385. The number of likely N-dealkylation sites (N-methyl/N-ethyl adjacent to an activating group) is 1. The fourth-order valence-electron chi connectivity index (χ4n) is 1.92. The largest absolute Gasteiger partial charge is 0.389 e. The summed E-state index contributed by atoms with van der Waals surface area (Å²) in [5, 5.41) is 20.6. The van der Waals surface area contributed by atoms with Crippen LogP contribution in [0.3, 0.4) is 0 Å². The number of nitro groups is 1. The zero-order valence-electron chi connectivity index (χ0n) is 12.5. The fourth-order valence-corrected chi connectivity index (χ4v) is 3.77. The molecule has 0 amide bonds. The molecule has 0 spiro atoms. The molecule has 0 aliphatic heterocycles. The molecule has 7 nitrogen and oxygen atoms in total. The molecule has 0 fully saturated rings. The molecule has 1 N–H and O–H groups in total. The third-order valence-electron chi connectivity index (χ3n) is 2.92. The summed E-state index contributed by atoms with van der Waals surface area (Å²) in [6.07, 6.45) is 0. The molecule has 0 saturated carbocycles. The van der Waals surface area contributed by atoms with E-state index in [4.69, 9.17) is 0 Å². The van der Waals surface area contributed by atoms with Crippen LogP contribution >= 0.6 is 0 Å². The molecule has 0 unspecified atom stereocenters. The number of aliphatic hydroxyl groups is 1. The Balaban J connectivity index is 3.35. The van der Waals surface area contributed by atoms with Gasteiger partial charge in [-0.1, -0.05) is 13.0 Å². The average Bonchev–Trinajstić information content (AvgIpc) is 2.34. The minimum absolute atomic E-state index is 0.0893. The third-order valence-corrected chi connectivity index (χ3v) is 4.98. The van der Waals surface area contributed by atoms with E-state index in [0.29, 0.717) is 5.56 Å². The number of hydrogen-bond donors (Lipinski definition) is 1. The van der Waals surface area contributed by atoms with Gasteiger partial charge in [0.15, 0.2) is 0 Å². The van der Waals surface area contributed by atoms with Crippen LogP contribution in [0.5, 0.6) is 0 Å². The molecule has 118 valence electrons. The number of rotatable bonds is 6. The third kappa shape index (κ3) is 4.23. The molecule has 21 heavy (non-hydrogen) atoms. The van der Waals surface area contributed by atoms with Gasteiger partial charge in [-0.05, 0) is 26.3 Å². The minimum atomic E-state index is -3.90. The lowest BCUT2D eigenvalue weighted by atomic mass is 10.1. The van der Waals surface area contributed by atoms with E-state index >= 15 is 0 Å². The van der Waals surface area contributed by atoms with Crippen LogP contribution in [0.1, 0.15) is 26.3 Å². The summed E-state index contributed by atoms with van der Waals surface area (Å²) in [4.78, 5) is 10.1. The molecule has 0 atom stereocenters. The van der Waals surface area contributed by atoms with E-state index in [1.165, 1.54) is 26.0 Å². The molecule has 0 aromatic heterocycles. The number of nitro benzene ring substituents is 1. The molecule has 0 heterocycles. The van der Waals surface area contributed by atoms with Crippen molar-refractivity contribution in [1.29, 1.82) is 0 Å². The summed E-state index contributed by atoms with van der Waals surface area (Å²) in [6, 6.07) is 3.72. The van der Waals surface area contributed by atoms with Gasteiger partial charge in [0.2, 0.25) is 10.0 Å². The van der Waals surface area contributed by atoms with Crippen LogP contribution in [-0.2, 0) is 10.0 Å². The summed E-state index contributed by atoms with van der Waals surface area (Å²) < 4.78 is 26.4. The molecule has 1 aromatic rings. The topological polar surface area (TPSA) is 101 Å². The van der Waals surface area contributed by atoms with Crippen molar-refractivity contribution in [1.82, 2.24) is 4.31 Å². The van der Waals surface area contributed by atoms with Gasteiger partial charge in [-0.25, -0.2) is 8.42 Å². The van der Waals surface area contributed by atoms with Crippen molar-refractivity contribution in [2.24, 2.45) is 0 Å². The molecule has 0 saturated heterocycles. The van der Waals surface area contributed by atoms with Crippen LogP contribution < -0.4 is 0 Å². The highest BCUT2D eigenvalue weighted by atomic mass is 32.2. The Morgan fingerprint density at radius 2 is 1.95 bits per heavy atom. The molecule has 8 heteroatoms. The summed E-state index contributed by atoms with van der Waals surface area (Å²) in [6.45, 7) is 6.31. The van der Waals surface area contributed by atoms with Gasteiger partial charge < -0.3 is 5.11 Å². The van der Waals surface area contributed by atoms with E-state index in [9.17, 15) is 23.6 Å². The summed E-state index contributed by atoms with van der Waals surface area (Å²) >= 11 is 0. The molecule has 1 rings (SSSR count). The maximum absolute atomic E-state index is 12.6. The van der Waals surface area contributed by atoms with Crippen LogP contribution in [0.4, 0.5) is 5.69 Å². The van der Waals surface area contributed by atoms with Crippen LogP contribution in [0.25, 0.3) is 0 Å². The zero-order chi connectivity index (χ0) is 16.4. The second-order valence-electron chi connectivity index (χ2n) is 5.45. The lowest BCUT2D eigenvalue weighted by Crippen LogP contribution is -2.42. The highest BCUT2D eigenvalue weighted by Crippen LogP contribution is 2.25. The first-order valence-electron chi connectivity index (χ1n) is 6.46. The molecule has 0 aliphatic rings. The Bertz CT molecular complexity index is 634. The van der Waals surface area contributed by atoms with E-state index in [1.54, 1.807) is 13.8 Å². The van der Waals surface area contributed by atoms with Gasteiger partial charge in [-0.15, -0.1) is 0 Å². The van der Waals surface area contributed by atoms with Gasteiger partial charge in [0.25, 0.3) is 5.69 Å². The maximum atomic E-state index is 12.6. The maximum Gasteiger partial charge on any atom is 0.270 e. The van der Waals surface area contributed by atoms with E-state index in [0.717, 1.165) is 10.4 Å². The first-order valence-corrected chi connectivity index (χ1v) is 7.90. The van der Waals surface area contributed by atoms with Crippen LogP contribution in [0.15, 0.2) is 23.1 Å². The summed E-state index contributed by atoms with van der Waals surface area (Å²) in [7, 11) is -3.90. The predicted octanol–water partition coefficient (Wildman–Crippen LogP) is 1.68. The molecule has 0 bridgehead atoms. The number of non-ortho nitro benzene ring substituents is 1. The second-order valence-corrected chi connectivity index (χ2v) is 7.36. The van der Waals surface area contributed by atoms with E-state index < -0.39 is 20.5 Å². The SMILES string of the molecule is CCN(CC(C)(C)O)S(=O)(=O)c1cc([N+](=O)[O-])ccc1C. The number of hydrogen-bond acceptors (Lipinski definition) is 5. The van der Waals surface area contributed by atoms with E-state index in [1.807, 2.05) is 0 Å². The Labute approximate surface area is 124 Å².